The van der Waals surface area contributed by atoms with E-state index < -0.39 is 0 Å². The average molecular weight is 253 g/mol. The minimum absolute atomic E-state index is 0.0505. The van der Waals surface area contributed by atoms with E-state index in [0.717, 1.165) is 10.3 Å². The van der Waals surface area contributed by atoms with Gasteiger partial charge in [0, 0.05) is 5.54 Å². The van der Waals surface area contributed by atoms with Gasteiger partial charge < -0.3 is 4.57 Å². The van der Waals surface area contributed by atoms with Crippen LogP contribution >= 0.6 is 15.9 Å². The van der Waals surface area contributed by atoms with Crippen LogP contribution in [0, 0.1) is 0 Å². The monoisotopic (exact) mass is 252 g/mol. The van der Waals surface area contributed by atoms with Gasteiger partial charge in [-0.3, -0.25) is 0 Å². The van der Waals surface area contributed by atoms with Gasteiger partial charge in [0.1, 0.15) is 0 Å². The van der Waals surface area contributed by atoms with E-state index in [2.05, 4.69) is 52.3 Å². The normalized spacial score (nSPS) is 12.3. The molecule has 2 aromatic rings. The summed E-state index contributed by atoms with van der Waals surface area (Å²) in [5, 5.41) is 0. The van der Waals surface area contributed by atoms with Gasteiger partial charge in [0.2, 0.25) is 0 Å². The topological polar surface area (TPSA) is 17.8 Å². The predicted molar refractivity (Wildman–Crippen MR) is 62.4 cm³/mol. The molecule has 2 nitrogen and oxygen atoms in total. The molecule has 2 rings (SSSR count). The predicted octanol–water partition coefficient (Wildman–Crippen LogP) is 3.55. The molecule has 0 saturated heterocycles. The van der Waals surface area contributed by atoms with Crippen molar-refractivity contribution in [3.8, 4) is 0 Å². The molecule has 0 aliphatic rings. The number of para-hydroxylation sites is 2. The Morgan fingerprint density at radius 1 is 1.21 bits per heavy atom. The molecule has 0 spiro atoms. The number of nitrogens with zero attached hydrogens (tertiary/aromatic N) is 2. The van der Waals surface area contributed by atoms with E-state index in [4.69, 9.17) is 0 Å². The Bertz CT molecular complexity index is 466. The van der Waals surface area contributed by atoms with Crippen LogP contribution in [-0.2, 0) is 5.54 Å². The lowest BCUT2D eigenvalue weighted by Crippen LogP contribution is -2.21. The molecule has 14 heavy (non-hydrogen) atoms. The molecule has 0 bridgehead atoms. The van der Waals surface area contributed by atoms with Gasteiger partial charge in [0.05, 0.1) is 11.0 Å². The number of halogens is 1. The first kappa shape index (κ1) is 9.71. The van der Waals surface area contributed by atoms with E-state index in [-0.39, 0.29) is 5.54 Å². The number of imidazole rings is 1. The lowest BCUT2D eigenvalue weighted by molar-refractivity contribution is 0.401. The molecular weight excluding hydrogens is 240 g/mol. The highest BCUT2D eigenvalue weighted by atomic mass is 79.9. The fraction of sp³-hybridized carbons (Fsp3) is 0.364. The summed E-state index contributed by atoms with van der Waals surface area (Å²) in [6, 6.07) is 8.17. The quantitative estimate of drug-likeness (QED) is 0.702. The Morgan fingerprint density at radius 2 is 1.86 bits per heavy atom. The van der Waals surface area contributed by atoms with Gasteiger partial charge in [0.15, 0.2) is 4.73 Å². The summed E-state index contributed by atoms with van der Waals surface area (Å²) in [6.07, 6.45) is 0. The first-order chi connectivity index (χ1) is 6.50. The summed E-state index contributed by atoms with van der Waals surface area (Å²) in [5.41, 5.74) is 2.26. The summed E-state index contributed by atoms with van der Waals surface area (Å²) in [6.45, 7) is 6.52. The van der Waals surface area contributed by atoms with Gasteiger partial charge in [-0.15, -0.1) is 0 Å². The van der Waals surface area contributed by atoms with Gasteiger partial charge in [-0.1, -0.05) is 12.1 Å². The van der Waals surface area contributed by atoms with Crippen molar-refractivity contribution in [1.82, 2.24) is 9.55 Å². The minimum Gasteiger partial charge on any atom is -0.313 e. The molecule has 0 amide bonds. The highest BCUT2D eigenvalue weighted by molar-refractivity contribution is 9.10. The third kappa shape index (κ3) is 1.46. The zero-order valence-corrected chi connectivity index (χ0v) is 10.2. The zero-order valence-electron chi connectivity index (χ0n) is 8.58. The lowest BCUT2D eigenvalue weighted by Gasteiger charge is -2.22. The first-order valence-electron chi connectivity index (χ1n) is 4.63. The number of hydrogen-bond acceptors (Lipinski definition) is 1. The fourth-order valence-electron chi connectivity index (χ4n) is 1.63. The van der Waals surface area contributed by atoms with Crippen molar-refractivity contribution in [1.29, 1.82) is 0 Å². The average Bonchev–Trinajstić information content (AvgIpc) is 2.38. The third-order valence-electron chi connectivity index (χ3n) is 2.19. The minimum atomic E-state index is 0.0505. The lowest BCUT2D eigenvalue weighted by atomic mass is 10.1. The summed E-state index contributed by atoms with van der Waals surface area (Å²) >= 11 is 3.50. The molecule has 0 atom stereocenters. The van der Waals surface area contributed by atoms with E-state index in [1.54, 1.807) is 0 Å². The van der Waals surface area contributed by atoms with E-state index in [0.29, 0.717) is 0 Å². The Morgan fingerprint density at radius 3 is 2.50 bits per heavy atom. The second-order valence-corrected chi connectivity index (χ2v) is 5.09. The van der Waals surface area contributed by atoms with Crippen molar-refractivity contribution in [3.63, 3.8) is 0 Å². The second kappa shape index (κ2) is 3.09. The van der Waals surface area contributed by atoms with Crippen LogP contribution in [0.4, 0.5) is 0 Å². The maximum atomic E-state index is 4.46. The largest absolute Gasteiger partial charge is 0.313 e. The van der Waals surface area contributed by atoms with E-state index in [1.165, 1.54) is 5.52 Å². The SMILES string of the molecule is CC(C)(C)n1c(Br)nc2ccccc21. The first-order valence-corrected chi connectivity index (χ1v) is 5.43. The molecule has 0 aliphatic heterocycles. The van der Waals surface area contributed by atoms with Crippen molar-refractivity contribution in [3.05, 3.63) is 29.0 Å². The van der Waals surface area contributed by atoms with Crippen LogP contribution in [0.25, 0.3) is 11.0 Å². The maximum Gasteiger partial charge on any atom is 0.178 e. The molecular formula is C11H13BrN2. The molecule has 1 heterocycles. The Balaban J connectivity index is 2.81. The summed E-state index contributed by atoms with van der Waals surface area (Å²) in [4.78, 5) is 4.46. The van der Waals surface area contributed by atoms with Crippen molar-refractivity contribution in [2.45, 2.75) is 26.3 Å². The standard InChI is InChI=1S/C11H13BrN2/c1-11(2,3)14-9-7-5-4-6-8(9)13-10(14)12/h4-7H,1-3H3. The Labute approximate surface area is 92.1 Å². The van der Waals surface area contributed by atoms with Crippen LogP contribution in [0.2, 0.25) is 0 Å². The van der Waals surface area contributed by atoms with Crippen molar-refractivity contribution >= 4 is 27.0 Å². The molecule has 0 unspecified atom stereocenters. The number of aromatic nitrogens is 2. The highest BCUT2D eigenvalue weighted by Crippen LogP contribution is 2.27. The van der Waals surface area contributed by atoms with Gasteiger partial charge in [-0.05, 0) is 48.8 Å². The molecule has 0 saturated carbocycles. The summed E-state index contributed by atoms with van der Waals surface area (Å²) < 4.78 is 3.09. The number of benzene rings is 1. The van der Waals surface area contributed by atoms with Gasteiger partial charge >= 0.3 is 0 Å². The van der Waals surface area contributed by atoms with Gasteiger partial charge in [0.25, 0.3) is 0 Å². The van der Waals surface area contributed by atoms with Crippen LogP contribution in [0.1, 0.15) is 20.8 Å². The van der Waals surface area contributed by atoms with E-state index >= 15 is 0 Å². The zero-order chi connectivity index (χ0) is 10.3. The van der Waals surface area contributed by atoms with Gasteiger partial charge in [-0.25, -0.2) is 4.98 Å². The number of fused-ring (bicyclic) bond motifs is 1. The van der Waals surface area contributed by atoms with Crippen LogP contribution in [0.3, 0.4) is 0 Å². The summed E-state index contributed by atoms with van der Waals surface area (Å²) in [5.74, 6) is 0. The molecule has 0 N–H and O–H groups in total. The molecule has 74 valence electrons. The smallest absolute Gasteiger partial charge is 0.178 e. The number of hydrogen-bond donors (Lipinski definition) is 0. The maximum absolute atomic E-state index is 4.46. The van der Waals surface area contributed by atoms with E-state index in [1.807, 2.05) is 18.2 Å². The highest BCUT2D eigenvalue weighted by Gasteiger charge is 2.19. The summed E-state index contributed by atoms with van der Waals surface area (Å²) in [7, 11) is 0. The Kier molecular flexibility index (Phi) is 2.14. The van der Waals surface area contributed by atoms with Crippen molar-refractivity contribution < 1.29 is 0 Å². The molecule has 0 fully saturated rings. The van der Waals surface area contributed by atoms with Crippen molar-refractivity contribution in [2.75, 3.05) is 0 Å². The number of rotatable bonds is 0. The van der Waals surface area contributed by atoms with Crippen LogP contribution in [-0.4, -0.2) is 9.55 Å². The molecule has 3 heteroatoms. The van der Waals surface area contributed by atoms with E-state index in [9.17, 15) is 0 Å². The Hall–Kier alpha value is -0.830. The molecule has 0 radical (unpaired) electrons. The fourth-order valence-corrected chi connectivity index (χ4v) is 2.55. The molecule has 1 aromatic carbocycles. The van der Waals surface area contributed by atoms with Gasteiger partial charge in [-0.2, -0.15) is 0 Å². The molecule has 1 aromatic heterocycles. The van der Waals surface area contributed by atoms with Crippen LogP contribution < -0.4 is 0 Å². The van der Waals surface area contributed by atoms with Crippen LogP contribution in [0.5, 0.6) is 0 Å². The molecule has 0 aliphatic carbocycles. The van der Waals surface area contributed by atoms with Crippen molar-refractivity contribution in [2.24, 2.45) is 0 Å². The second-order valence-electron chi connectivity index (χ2n) is 4.38. The third-order valence-corrected chi connectivity index (χ3v) is 2.72. The van der Waals surface area contributed by atoms with Crippen LogP contribution in [0.15, 0.2) is 29.0 Å².